The summed E-state index contributed by atoms with van der Waals surface area (Å²) in [6, 6.07) is 3.93. The zero-order valence-electron chi connectivity index (χ0n) is 9.69. The van der Waals surface area contributed by atoms with Gasteiger partial charge in [-0.1, -0.05) is 18.8 Å². The van der Waals surface area contributed by atoms with Crippen molar-refractivity contribution in [2.45, 2.75) is 25.8 Å². The molecule has 1 aromatic heterocycles. The Morgan fingerprint density at radius 3 is 3.00 bits per heavy atom. The molecule has 0 saturated heterocycles. The summed E-state index contributed by atoms with van der Waals surface area (Å²) < 4.78 is 0. The third kappa shape index (κ3) is 3.09. The van der Waals surface area contributed by atoms with Gasteiger partial charge < -0.3 is 10.4 Å². The molecular formula is C13H15NO2S. The van der Waals surface area contributed by atoms with E-state index in [1.54, 1.807) is 6.07 Å². The highest BCUT2D eigenvalue weighted by molar-refractivity contribution is 7.14. The highest BCUT2D eigenvalue weighted by Gasteiger charge is 2.27. The first-order valence-corrected chi connectivity index (χ1v) is 6.51. The number of hydrogen-bond acceptors (Lipinski definition) is 3. The molecule has 2 N–H and O–H groups in total. The van der Waals surface area contributed by atoms with E-state index in [2.05, 4.69) is 24.1 Å². The quantitative estimate of drug-likeness (QED) is 0.783. The Hall–Kier alpha value is -1.31. The van der Waals surface area contributed by atoms with Crippen LogP contribution in [0, 0.1) is 17.8 Å². The molecule has 0 radical (unpaired) electrons. The molecule has 1 aliphatic rings. The molecule has 1 amide bonds. The van der Waals surface area contributed by atoms with Gasteiger partial charge in [-0.25, -0.2) is 0 Å². The summed E-state index contributed by atoms with van der Waals surface area (Å²) in [5, 5.41) is 11.6. The molecule has 1 aliphatic carbocycles. The fourth-order valence-electron chi connectivity index (χ4n) is 1.93. The first-order valence-electron chi connectivity index (χ1n) is 5.69. The van der Waals surface area contributed by atoms with Crippen molar-refractivity contribution in [1.29, 1.82) is 0 Å². The average Bonchev–Trinajstić information content (AvgIpc) is 2.72. The van der Waals surface area contributed by atoms with Crippen molar-refractivity contribution in [3.05, 3.63) is 21.9 Å². The zero-order valence-corrected chi connectivity index (χ0v) is 10.5. The molecule has 17 heavy (non-hydrogen) atoms. The van der Waals surface area contributed by atoms with Crippen molar-refractivity contribution < 1.29 is 9.90 Å². The van der Waals surface area contributed by atoms with E-state index >= 15 is 0 Å². The van der Waals surface area contributed by atoms with Crippen LogP contribution >= 0.6 is 11.3 Å². The summed E-state index contributed by atoms with van der Waals surface area (Å²) in [4.78, 5) is 13.3. The van der Waals surface area contributed by atoms with E-state index < -0.39 is 0 Å². The Bertz CT molecular complexity index is 463. The van der Waals surface area contributed by atoms with Crippen LogP contribution in [-0.4, -0.2) is 23.7 Å². The van der Waals surface area contributed by atoms with Crippen LogP contribution in [0.25, 0.3) is 0 Å². The van der Waals surface area contributed by atoms with E-state index in [4.69, 9.17) is 5.11 Å². The minimum Gasteiger partial charge on any atom is -0.384 e. The highest BCUT2D eigenvalue weighted by atomic mass is 32.1. The summed E-state index contributed by atoms with van der Waals surface area (Å²) in [5.74, 6) is 6.09. The van der Waals surface area contributed by atoms with Crippen molar-refractivity contribution in [3.63, 3.8) is 0 Å². The largest absolute Gasteiger partial charge is 0.384 e. The summed E-state index contributed by atoms with van der Waals surface area (Å²) >= 11 is 1.36. The van der Waals surface area contributed by atoms with Crippen molar-refractivity contribution in [3.8, 4) is 11.8 Å². The SMILES string of the molecule is CC1CC(NC(=O)c2ccc(C#CCO)s2)C1. The highest BCUT2D eigenvalue weighted by Crippen LogP contribution is 2.27. The summed E-state index contributed by atoms with van der Waals surface area (Å²) in [6.07, 6.45) is 2.16. The average molecular weight is 249 g/mol. The Labute approximate surface area is 105 Å². The molecule has 0 bridgehead atoms. The fourth-order valence-corrected chi connectivity index (χ4v) is 2.71. The van der Waals surface area contributed by atoms with Gasteiger partial charge in [0.05, 0.1) is 9.75 Å². The Balaban J connectivity index is 1.92. The maximum absolute atomic E-state index is 11.8. The number of thiophene rings is 1. The topological polar surface area (TPSA) is 49.3 Å². The number of carbonyl (C=O) groups excluding carboxylic acids is 1. The lowest BCUT2D eigenvalue weighted by molar-refractivity contribution is 0.0900. The van der Waals surface area contributed by atoms with Crippen molar-refractivity contribution >= 4 is 17.2 Å². The number of carbonyl (C=O) groups is 1. The molecule has 0 spiro atoms. The molecule has 0 unspecified atom stereocenters. The normalized spacial score (nSPS) is 22.2. The van der Waals surface area contributed by atoms with E-state index in [0.29, 0.717) is 10.9 Å². The summed E-state index contributed by atoms with van der Waals surface area (Å²) in [5.41, 5.74) is 0. The Morgan fingerprint density at radius 2 is 2.35 bits per heavy atom. The van der Waals surface area contributed by atoms with Gasteiger partial charge in [0.1, 0.15) is 6.61 Å². The van der Waals surface area contributed by atoms with Crippen molar-refractivity contribution in [2.24, 2.45) is 5.92 Å². The minimum atomic E-state index is -0.153. The minimum absolute atomic E-state index is 0.0102. The molecule has 90 valence electrons. The van der Waals surface area contributed by atoms with Gasteiger partial charge in [0.2, 0.25) is 0 Å². The van der Waals surface area contributed by atoms with E-state index in [1.807, 2.05) is 6.07 Å². The number of aliphatic hydroxyl groups excluding tert-OH is 1. The number of amides is 1. The zero-order chi connectivity index (χ0) is 12.3. The van der Waals surface area contributed by atoms with Gasteiger partial charge in [-0.15, -0.1) is 11.3 Å². The van der Waals surface area contributed by atoms with Crippen LogP contribution in [0.4, 0.5) is 0 Å². The van der Waals surface area contributed by atoms with Gasteiger partial charge in [0.25, 0.3) is 5.91 Å². The summed E-state index contributed by atoms with van der Waals surface area (Å²) in [6.45, 7) is 2.04. The van der Waals surface area contributed by atoms with Gasteiger partial charge in [0.15, 0.2) is 0 Å². The number of aliphatic hydroxyl groups is 1. The fraction of sp³-hybridized carbons (Fsp3) is 0.462. The molecule has 1 aromatic rings. The molecular weight excluding hydrogens is 234 g/mol. The molecule has 0 aliphatic heterocycles. The molecule has 1 fully saturated rings. The lowest BCUT2D eigenvalue weighted by atomic mass is 9.82. The van der Waals surface area contributed by atoms with Crippen LogP contribution in [0.5, 0.6) is 0 Å². The van der Waals surface area contributed by atoms with Crippen LogP contribution in [-0.2, 0) is 0 Å². The lowest BCUT2D eigenvalue weighted by Gasteiger charge is -2.33. The van der Waals surface area contributed by atoms with E-state index in [1.165, 1.54) is 11.3 Å². The number of rotatable bonds is 2. The predicted octanol–water partition coefficient (Wildman–Crippen LogP) is 1.62. The van der Waals surface area contributed by atoms with Crippen LogP contribution < -0.4 is 5.32 Å². The van der Waals surface area contributed by atoms with Gasteiger partial charge >= 0.3 is 0 Å². The molecule has 2 rings (SSSR count). The molecule has 4 heteroatoms. The van der Waals surface area contributed by atoms with Crippen LogP contribution in [0.15, 0.2) is 12.1 Å². The second-order valence-corrected chi connectivity index (χ2v) is 5.45. The first-order chi connectivity index (χ1) is 8.19. The van der Waals surface area contributed by atoms with Crippen LogP contribution in [0.3, 0.4) is 0 Å². The maximum Gasteiger partial charge on any atom is 0.261 e. The van der Waals surface area contributed by atoms with Gasteiger partial charge in [-0.05, 0) is 30.9 Å². The van der Waals surface area contributed by atoms with Gasteiger partial charge in [-0.2, -0.15) is 0 Å². The molecule has 0 atom stereocenters. The third-order valence-electron chi connectivity index (χ3n) is 2.83. The second kappa shape index (κ2) is 5.35. The molecule has 3 nitrogen and oxygen atoms in total. The van der Waals surface area contributed by atoms with Crippen LogP contribution in [0.1, 0.15) is 34.3 Å². The van der Waals surface area contributed by atoms with Crippen molar-refractivity contribution in [1.82, 2.24) is 5.32 Å². The van der Waals surface area contributed by atoms with E-state index in [-0.39, 0.29) is 12.5 Å². The van der Waals surface area contributed by atoms with Gasteiger partial charge in [0, 0.05) is 6.04 Å². The summed E-state index contributed by atoms with van der Waals surface area (Å²) in [7, 11) is 0. The van der Waals surface area contributed by atoms with Crippen molar-refractivity contribution in [2.75, 3.05) is 6.61 Å². The molecule has 1 heterocycles. The molecule has 1 saturated carbocycles. The number of hydrogen-bond donors (Lipinski definition) is 2. The van der Waals surface area contributed by atoms with E-state index in [0.717, 1.165) is 23.6 Å². The van der Waals surface area contributed by atoms with Gasteiger partial charge in [-0.3, -0.25) is 4.79 Å². The third-order valence-corrected chi connectivity index (χ3v) is 3.83. The predicted molar refractivity (Wildman–Crippen MR) is 67.9 cm³/mol. The van der Waals surface area contributed by atoms with Crippen LogP contribution in [0.2, 0.25) is 0 Å². The smallest absolute Gasteiger partial charge is 0.261 e. The second-order valence-electron chi connectivity index (χ2n) is 4.37. The Kier molecular flexibility index (Phi) is 3.82. The first kappa shape index (κ1) is 12.2. The molecule has 0 aromatic carbocycles. The van der Waals surface area contributed by atoms with E-state index in [9.17, 15) is 4.79 Å². The standard InChI is InChI=1S/C13H15NO2S/c1-9-7-10(8-9)14-13(16)12-5-4-11(17-12)3-2-6-15/h4-5,9-10,15H,6-8H2,1H3,(H,14,16). The monoisotopic (exact) mass is 249 g/mol. The maximum atomic E-state index is 11.8. The Morgan fingerprint density at radius 1 is 1.59 bits per heavy atom. The lowest BCUT2D eigenvalue weighted by Crippen LogP contribution is -2.43. The number of nitrogens with one attached hydrogen (secondary N) is 1.